The van der Waals surface area contributed by atoms with Crippen LogP contribution >= 0.6 is 0 Å². The molecule has 0 aliphatic rings. The molecule has 0 spiro atoms. The van der Waals surface area contributed by atoms with Gasteiger partial charge in [0.15, 0.2) is 6.10 Å². The molecule has 0 N–H and O–H groups in total. The molecule has 0 radical (unpaired) electrons. The monoisotopic (exact) mass is 265 g/mol. The van der Waals surface area contributed by atoms with Gasteiger partial charge in [-0.05, 0) is 25.5 Å². The number of benzene rings is 1. The van der Waals surface area contributed by atoms with E-state index in [-0.39, 0.29) is 17.9 Å². The first kappa shape index (κ1) is 15.0. The van der Waals surface area contributed by atoms with E-state index in [0.717, 1.165) is 12.5 Å². The minimum Gasteiger partial charge on any atom is -0.479 e. The Kier molecular flexibility index (Phi) is 5.80. The second-order valence-corrected chi connectivity index (χ2v) is 3.90. The molecule has 1 aromatic carbocycles. The number of rotatable bonds is 6. The van der Waals surface area contributed by atoms with E-state index in [4.69, 9.17) is 14.7 Å². The van der Waals surface area contributed by atoms with Crippen LogP contribution in [0.1, 0.15) is 32.3 Å². The SMILES string of the molecule is CCCC(Oc1ccc(C#N)c(F)c1)C(=O)OCC. The molecular formula is C14H16FNO3. The summed E-state index contributed by atoms with van der Waals surface area (Å²) in [6.45, 7) is 3.89. The van der Waals surface area contributed by atoms with Crippen LogP contribution in [0.4, 0.5) is 4.39 Å². The van der Waals surface area contributed by atoms with Crippen LogP contribution in [0.25, 0.3) is 0 Å². The summed E-state index contributed by atoms with van der Waals surface area (Å²) >= 11 is 0. The molecule has 1 atom stereocenters. The lowest BCUT2D eigenvalue weighted by Crippen LogP contribution is -2.29. The van der Waals surface area contributed by atoms with Crippen LogP contribution in [0, 0.1) is 17.1 Å². The predicted molar refractivity (Wildman–Crippen MR) is 67.1 cm³/mol. The van der Waals surface area contributed by atoms with Gasteiger partial charge >= 0.3 is 5.97 Å². The van der Waals surface area contributed by atoms with Crippen molar-refractivity contribution in [2.45, 2.75) is 32.8 Å². The Morgan fingerprint density at radius 1 is 1.47 bits per heavy atom. The zero-order valence-electron chi connectivity index (χ0n) is 11.0. The van der Waals surface area contributed by atoms with Gasteiger partial charge < -0.3 is 9.47 Å². The van der Waals surface area contributed by atoms with Gasteiger partial charge in [-0.3, -0.25) is 0 Å². The second-order valence-electron chi connectivity index (χ2n) is 3.90. The van der Waals surface area contributed by atoms with Crippen molar-refractivity contribution in [3.63, 3.8) is 0 Å². The molecule has 1 rings (SSSR count). The molecule has 5 heteroatoms. The van der Waals surface area contributed by atoms with Crippen molar-refractivity contribution in [1.29, 1.82) is 5.26 Å². The zero-order chi connectivity index (χ0) is 14.3. The van der Waals surface area contributed by atoms with Gasteiger partial charge in [-0.1, -0.05) is 13.3 Å². The Balaban J connectivity index is 2.82. The summed E-state index contributed by atoms with van der Waals surface area (Å²) in [5, 5.41) is 8.63. The molecule has 0 heterocycles. The topological polar surface area (TPSA) is 59.3 Å². The minimum atomic E-state index is -0.753. The smallest absolute Gasteiger partial charge is 0.347 e. The van der Waals surface area contributed by atoms with Crippen molar-refractivity contribution in [3.05, 3.63) is 29.6 Å². The first-order valence-electron chi connectivity index (χ1n) is 6.15. The number of carbonyl (C=O) groups excluding carboxylic acids is 1. The normalized spacial score (nSPS) is 11.5. The van der Waals surface area contributed by atoms with E-state index >= 15 is 0 Å². The molecule has 0 aliphatic heterocycles. The largest absolute Gasteiger partial charge is 0.479 e. The summed E-state index contributed by atoms with van der Waals surface area (Å²) in [6.07, 6.45) is 0.472. The minimum absolute atomic E-state index is 0.0597. The lowest BCUT2D eigenvalue weighted by Gasteiger charge is -2.17. The number of hydrogen-bond donors (Lipinski definition) is 0. The van der Waals surface area contributed by atoms with Gasteiger partial charge in [0.1, 0.15) is 17.6 Å². The van der Waals surface area contributed by atoms with Crippen LogP contribution in [0.2, 0.25) is 0 Å². The van der Waals surface area contributed by atoms with Crippen molar-refractivity contribution in [2.75, 3.05) is 6.61 Å². The maximum atomic E-state index is 13.4. The third-order valence-electron chi connectivity index (χ3n) is 2.44. The number of ether oxygens (including phenoxy) is 2. The highest BCUT2D eigenvalue weighted by molar-refractivity contribution is 5.75. The van der Waals surface area contributed by atoms with Crippen molar-refractivity contribution < 1.29 is 18.7 Å². The van der Waals surface area contributed by atoms with Crippen LogP contribution in [0.15, 0.2) is 18.2 Å². The summed E-state index contributed by atoms with van der Waals surface area (Å²) in [4.78, 5) is 11.7. The number of nitrogens with zero attached hydrogens (tertiary/aromatic N) is 1. The van der Waals surface area contributed by atoms with Crippen molar-refractivity contribution in [1.82, 2.24) is 0 Å². The molecule has 0 bridgehead atoms. The maximum Gasteiger partial charge on any atom is 0.347 e. The molecule has 0 aliphatic carbocycles. The molecule has 0 saturated heterocycles. The fourth-order valence-corrected chi connectivity index (χ4v) is 1.55. The Morgan fingerprint density at radius 3 is 2.74 bits per heavy atom. The molecule has 0 aromatic heterocycles. The van der Waals surface area contributed by atoms with Crippen LogP contribution in [-0.2, 0) is 9.53 Å². The van der Waals surface area contributed by atoms with Gasteiger partial charge in [-0.2, -0.15) is 5.26 Å². The molecule has 4 nitrogen and oxygen atoms in total. The number of carbonyl (C=O) groups is 1. The van der Waals surface area contributed by atoms with Crippen molar-refractivity contribution >= 4 is 5.97 Å². The van der Waals surface area contributed by atoms with E-state index in [1.807, 2.05) is 6.92 Å². The van der Waals surface area contributed by atoms with E-state index in [1.54, 1.807) is 13.0 Å². The first-order valence-corrected chi connectivity index (χ1v) is 6.15. The standard InChI is InChI=1S/C14H16FNO3/c1-3-5-13(14(17)18-4-2)19-11-7-6-10(9-16)12(15)8-11/h6-8,13H,3-5H2,1-2H3. The summed E-state index contributed by atoms with van der Waals surface area (Å²) in [5.74, 6) is -0.920. The second kappa shape index (κ2) is 7.37. The average molecular weight is 265 g/mol. The summed E-state index contributed by atoms with van der Waals surface area (Å²) in [6, 6.07) is 5.60. The number of hydrogen-bond acceptors (Lipinski definition) is 4. The van der Waals surface area contributed by atoms with Crippen LogP contribution in [-0.4, -0.2) is 18.7 Å². The Labute approximate surface area is 111 Å². The van der Waals surface area contributed by atoms with Gasteiger partial charge in [-0.25, -0.2) is 9.18 Å². The third kappa shape index (κ3) is 4.25. The highest BCUT2D eigenvalue weighted by atomic mass is 19.1. The lowest BCUT2D eigenvalue weighted by molar-refractivity contribution is -0.151. The van der Waals surface area contributed by atoms with E-state index in [2.05, 4.69) is 0 Å². The zero-order valence-corrected chi connectivity index (χ0v) is 11.0. The lowest BCUT2D eigenvalue weighted by atomic mass is 10.2. The fourth-order valence-electron chi connectivity index (χ4n) is 1.55. The van der Waals surface area contributed by atoms with Crippen LogP contribution in [0.3, 0.4) is 0 Å². The molecule has 0 fully saturated rings. The third-order valence-corrected chi connectivity index (χ3v) is 2.44. The van der Waals surface area contributed by atoms with Gasteiger partial charge in [-0.15, -0.1) is 0 Å². The van der Waals surface area contributed by atoms with E-state index < -0.39 is 17.9 Å². The van der Waals surface area contributed by atoms with E-state index in [9.17, 15) is 9.18 Å². The maximum absolute atomic E-state index is 13.4. The Hall–Kier alpha value is -2.09. The first-order chi connectivity index (χ1) is 9.12. The van der Waals surface area contributed by atoms with Gasteiger partial charge in [0, 0.05) is 6.07 Å². The van der Waals surface area contributed by atoms with Gasteiger partial charge in [0.25, 0.3) is 0 Å². The summed E-state index contributed by atoms with van der Waals surface area (Å²) in [7, 11) is 0. The number of esters is 1. The van der Waals surface area contributed by atoms with E-state index in [1.165, 1.54) is 12.1 Å². The van der Waals surface area contributed by atoms with E-state index in [0.29, 0.717) is 6.42 Å². The molecule has 102 valence electrons. The number of halogens is 1. The highest BCUT2D eigenvalue weighted by Crippen LogP contribution is 2.19. The van der Waals surface area contributed by atoms with Gasteiger partial charge in [0.05, 0.1) is 12.2 Å². The predicted octanol–water partition coefficient (Wildman–Crippen LogP) is 2.81. The highest BCUT2D eigenvalue weighted by Gasteiger charge is 2.21. The summed E-state index contributed by atoms with van der Waals surface area (Å²) < 4.78 is 23.7. The quantitative estimate of drug-likeness (QED) is 0.742. The van der Waals surface area contributed by atoms with Gasteiger partial charge in [0.2, 0.25) is 0 Å². The molecule has 0 amide bonds. The molecule has 0 saturated carbocycles. The Morgan fingerprint density at radius 2 is 2.21 bits per heavy atom. The molecular weight excluding hydrogens is 249 g/mol. The molecule has 1 unspecified atom stereocenters. The number of nitriles is 1. The molecule has 19 heavy (non-hydrogen) atoms. The Bertz CT molecular complexity index is 482. The van der Waals surface area contributed by atoms with Crippen molar-refractivity contribution in [2.24, 2.45) is 0 Å². The van der Waals surface area contributed by atoms with Crippen molar-refractivity contribution in [3.8, 4) is 11.8 Å². The molecule has 1 aromatic rings. The average Bonchev–Trinajstić information content (AvgIpc) is 2.39. The van der Waals surface area contributed by atoms with Crippen LogP contribution < -0.4 is 4.74 Å². The van der Waals surface area contributed by atoms with Crippen LogP contribution in [0.5, 0.6) is 5.75 Å². The fraction of sp³-hybridized carbons (Fsp3) is 0.429. The summed E-state index contributed by atoms with van der Waals surface area (Å²) in [5.41, 5.74) is -0.0597.